The summed E-state index contributed by atoms with van der Waals surface area (Å²) >= 11 is 0. The van der Waals surface area contributed by atoms with E-state index < -0.39 is 53.3 Å². The van der Waals surface area contributed by atoms with Gasteiger partial charge in [0, 0.05) is 0 Å². The number of hydrogen-bond acceptors (Lipinski definition) is 6. The van der Waals surface area contributed by atoms with E-state index in [9.17, 15) is 19.2 Å². The van der Waals surface area contributed by atoms with E-state index in [1.807, 2.05) is 6.07 Å². The molecule has 0 saturated carbocycles. The first-order valence-corrected chi connectivity index (χ1v) is 9.35. The minimum atomic E-state index is -2.13. The van der Waals surface area contributed by atoms with Gasteiger partial charge in [-0.1, -0.05) is 30.3 Å². The van der Waals surface area contributed by atoms with E-state index in [-0.39, 0.29) is 0 Å². The maximum atomic E-state index is 13.1. The van der Waals surface area contributed by atoms with Crippen molar-refractivity contribution in [2.24, 2.45) is 5.92 Å². The van der Waals surface area contributed by atoms with Crippen molar-refractivity contribution in [2.75, 3.05) is 0 Å². The molecular formula is C21H27NO6. The molecule has 2 atom stereocenters. The van der Waals surface area contributed by atoms with Gasteiger partial charge in [0.25, 0.3) is 5.54 Å². The van der Waals surface area contributed by atoms with Gasteiger partial charge in [-0.25, -0.2) is 9.59 Å². The summed E-state index contributed by atoms with van der Waals surface area (Å²) in [5, 5.41) is 0. The predicted molar refractivity (Wildman–Crippen MR) is 101 cm³/mol. The summed E-state index contributed by atoms with van der Waals surface area (Å²) in [5.74, 6) is -4.53. The smallest absolute Gasteiger partial charge is 0.345 e. The molecule has 28 heavy (non-hydrogen) atoms. The number of likely N-dealkylation sites (tertiary alicyclic amines) is 1. The first kappa shape index (κ1) is 21.6. The van der Waals surface area contributed by atoms with Gasteiger partial charge in [0.05, 0.1) is 18.2 Å². The van der Waals surface area contributed by atoms with Crippen LogP contribution in [0.1, 0.15) is 53.1 Å². The summed E-state index contributed by atoms with van der Waals surface area (Å²) in [4.78, 5) is 52.5. The van der Waals surface area contributed by atoms with Crippen LogP contribution in [0, 0.1) is 5.92 Å². The number of carbonyl (C=O) groups excluding carboxylic acids is 4. The lowest BCUT2D eigenvalue weighted by molar-refractivity contribution is -0.211. The van der Waals surface area contributed by atoms with Crippen molar-refractivity contribution in [3.8, 4) is 0 Å². The molecule has 1 aliphatic heterocycles. The van der Waals surface area contributed by atoms with Gasteiger partial charge >= 0.3 is 11.9 Å². The summed E-state index contributed by atoms with van der Waals surface area (Å²) in [6, 6.07) is 8.33. The normalized spacial score (nSPS) is 19.2. The molecule has 0 aromatic heterocycles. The summed E-state index contributed by atoms with van der Waals surface area (Å²) < 4.78 is 10.6. The third-order valence-corrected chi connectivity index (χ3v) is 4.67. The highest BCUT2D eigenvalue weighted by atomic mass is 16.6. The molecule has 0 N–H and O–H groups in total. The number of carbonyl (C=O) groups is 4. The Kier molecular flexibility index (Phi) is 6.27. The Balaban J connectivity index is 2.62. The van der Waals surface area contributed by atoms with Crippen LogP contribution in [-0.2, 0) is 28.7 Å². The van der Waals surface area contributed by atoms with Crippen molar-refractivity contribution in [3.63, 3.8) is 0 Å². The maximum Gasteiger partial charge on any atom is 0.345 e. The summed E-state index contributed by atoms with van der Waals surface area (Å²) in [6.07, 6.45) is -1.07. The van der Waals surface area contributed by atoms with E-state index in [4.69, 9.17) is 9.47 Å². The molecule has 2 unspecified atom stereocenters. The molecule has 1 aromatic rings. The third kappa shape index (κ3) is 3.53. The van der Waals surface area contributed by atoms with Gasteiger partial charge in [-0.15, -0.1) is 0 Å². The monoisotopic (exact) mass is 389 g/mol. The molecule has 1 aromatic carbocycles. The highest BCUT2D eigenvalue weighted by molar-refractivity contribution is 6.24. The first-order chi connectivity index (χ1) is 13.0. The van der Waals surface area contributed by atoms with Crippen LogP contribution in [0.15, 0.2) is 30.3 Å². The molecule has 1 saturated heterocycles. The second-order valence-electron chi connectivity index (χ2n) is 7.51. The molecule has 1 fully saturated rings. The van der Waals surface area contributed by atoms with Crippen LogP contribution in [0.25, 0.3) is 0 Å². The second-order valence-corrected chi connectivity index (χ2v) is 7.51. The Morgan fingerprint density at radius 3 is 1.79 bits per heavy atom. The molecule has 0 aliphatic carbocycles. The average molecular weight is 389 g/mol. The van der Waals surface area contributed by atoms with Crippen molar-refractivity contribution in [1.82, 2.24) is 4.90 Å². The molecule has 1 amide bonds. The van der Waals surface area contributed by atoms with Crippen LogP contribution in [0.5, 0.6) is 0 Å². The van der Waals surface area contributed by atoms with Gasteiger partial charge in [0.2, 0.25) is 5.91 Å². The van der Waals surface area contributed by atoms with Crippen molar-refractivity contribution in [1.29, 1.82) is 0 Å². The van der Waals surface area contributed by atoms with Crippen LogP contribution in [0.2, 0.25) is 0 Å². The Labute approximate surface area is 165 Å². The van der Waals surface area contributed by atoms with E-state index in [0.29, 0.717) is 0 Å². The zero-order valence-corrected chi connectivity index (χ0v) is 17.1. The third-order valence-electron chi connectivity index (χ3n) is 4.67. The van der Waals surface area contributed by atoms with Gasteiger partial charge in [-0.2, -0.15) is 0 Å². The molecule has 0 bridgehead atoms. The Morgan fingerprint density at radius 1 is 0.929 bits per heavy atom. The van der Waals surface area contributed by atoms with Crippen LogP contribution < -0.4 is 0 Å². The van der Waals surface area contributed by atoms with Crippen LogP contribution >= 0.6 is 0 Å². The SMILES string of the molecule is CC(=O)C1C(=O)N(C(C)c2ccccc2)C1(C(=O)OC(C)C)C(=O)OC(C)C. The number of hydrogen-bond donors (Lipinski definition) is 0. The van der Waals surface area contributed by atoms with Gasteiger partial charge in [-0.3, -0.25) is 9.59 Å². The molecule has 1 heterocycles. The number of rotatable bonds is 7. The lowest BCUT2D eigenvalue weighted by atomic mass is 9.69. The number of ether oxygens (including phenoxy) is 2. The standard InChI is InChI=1S/C21H27NO6/c1-12(2)27-19(25)21(20(26)28-13(3)4)17(15(6)23)18(24)22(21)14(5)16-10-8-7-9-11-16/h7-14,17H,1-6H3. The minimum absolute atomic E-state index is 0.534. The quantitative estimate of drug-likeness (QED) is 0.404. The largest absolute Gasteiger partial charge is 0.461 e. The number of nitrogens with zero attached hydrogens (tertiary/aromatic N) is 1. The summed E-state index contributed by atoms with van der Waals surface area (Å²) in [7, 11) is 0. The number of amides is 1. The molecule has 7 heteroatoms. The summed E-state index contributed by atoms with van der Waals surface area (Å²) in [5.41, 5.74) is -1.41. The lowest BCUT2D eigenvalue weighted by Gasteiger charge is -2.54. The minimum Gasteiger partial charge on any atom is -0.461 e. The molecule has 1 aliphatic rings. The highest BCUT2D eigenvalue weighted by Crippen LogP contribution is 2.46. The van der Waals surface area contributed by atoms with Crippen molar-refractivity contribution < 1.29 is 28.7 Å². The van der Waals surface area contributed by atoms with E-state index in [0.717, 1.165) is 10.5 Å². The zero-order valence-electron chi connectivity index (χ0n) is 17.1. The molecule has 0 spiro atoms. The summed E-state index contributed by atoms with van der Waals surface area (Å²) in [6.45, 7) is 9.42. The highest BCUT2D eigenvalue weighted by Gasteiger charge is 2.74. The number of esters is 2. The van der Waals surface area contributed by atoms with E-state index >= 15 is 0 Å². The fraction of sp³-hybridized carbons (Fsp3) is 0.524. The Morgan fingerprint density at radius 2 is 1.39 bits per heavy atom. The van der Waals surface area contributed by atoms with Gasteiger partial charge < -0.3 is 14.4 Å². The van der Waals surface area contributed by atoms with E-state index in [1.165, 1.54) is 6.92 Å². The molecule has 152 valence electrons. The molecular weight excluding hydrogens is 362 g/mol. The van der Waals surface area contributed by atoms with Crippen LogP contribution in [-0.4, -0.2) is 46.3 Å². The fourth-order valence-electron chi connectivity index (χ4n) is 3.53. The van der Waals surface area contributed by atoms with E-state index in [1.54, 1.807) is 58.9 Å². The lowest BCUT2D eigenvalue weighted by Crippen LogP contribution is -2.80. The zero-order chi connectivity index (χ0) is 21.2. The number of β-lactam (4-membered cyclic amide) rings is 1. The van der Waals surface area contributed by atoms with Gasteiger partial charge in [-0.05, 0) is 47.1 Å². The molecule has 2 rings (SSSR count). The Bertz CT molecular complexity index is 748. The molecule has 7 nitrogen and oxygen atoms in total. The Hall–Kier alpha value is -2.70. The maximum absolute atomic E-state index is 13.1. The van der Waals surface area contributed by atoms with Gasteiger partial charge in [0.15, 0.2) is 0 Å². The average Bonchev–Trinajstić information content (AvgIpc) is 2.58. The predicted octanol–water partition coefficient (Wildman–Crippen LogP) is 2.44. The van der Waals surface area contributed by atoms with Gasteiger partial charge in [0.1, 0.15) is 11.7 Å². The van der Waals surface area contributed by atoms with E-state index in [2.05, 4.69) is 0 Å². The molecule has 0 radical (unpaired) electrons. The topological polar surface area (TPSA) is 90.0 Å². The van der Waals surface area contributed by atoms with Crippen LogP contribution in [0.3, 0.4) is 0 Å². The van der Waals surface area contributed by atoms with Crippen molar-refractivity contribution in [2.45, 2.75) is 65.3 Å². The number of benzene rings is 1. The first-order valence-electron chi connectivity index (χ1n) is 9.35. The van der Waals surface area contributed by atoms with Crippen molar-refractivity contribution >= 4 is 23.6 Å². The number of Topliss-reactive ketones (excluding diaryl/α,β-unsaturated/α-hetero) is 1. The number of ketones is 1. The van der Waals surface area contributed by atoms with Crippen molar-refractivity contribution in [3.05, 3.63) is 35.9 Å². The second kappa shape index (κ2) is 8.12. The van der Waals surface area contributed by atoms with Crippen LogP contribution in [0.4, 0.5) is 0 Å². The fourth-order valence-corrected chi connectivity index (χ4v) is 3.53.